The van der Waals surface area contributed by atoms with Gasteiger partial charge in [-0.15, -0.1) is 0 Å². The van der Waals surface area contributed by atoms with E-state index in [-0.39, 0.29) is 30.3 Å². The predicted molar refractivity (Wildman–Crippen MR) is 150 cm³/mol. The second-order valence-corrected chi connectivity index (χ2v) is 9.03. The summed E-state index contributed by atoms with van der Waals surface area (Å²) >= 11 is 0. The Balaban J connectivity index is 1.70. The Morgan fingerprint density at radius 1 is 0.816 bits per heavy atom. The van der Waals surface area contributed by atoms with E-state index < -0.39 is 6.04 Å². The average Bonchev–Trinajstić information content (AvgIpc) is 2.96. The fraction of sp³-hybridized carbons (Fsp3) is 0.355. The summed E-state index contributed by atoms with van der Waals surface area (Å²) in [6.07, 6.45) is 1.31. The van der Waals surface area contributed by atoms with Crippen LogP contribution in [0.4, 0.5) is 5.69 Å². The number of esters is 1. The molecule has 2 atom stereocenters. The van der Waals surface area contributed by atoms with E-state index in [4.69, 9.17) is 14.2 Å². The average molecular weight is 519 g/mol. The maximum absolute atomic E-state index is 13.5. The number of ketones is 1. The molecule has 0 unspecified atom stereocenters. The highest BCUT2D eigenvalue weighted by Gasteiger charge is 2.28. The van der Waals surface area contributed by atoms with Crippen LogP contribution in [0.3, 0.4) is 0 Å². The molecular formula is C31H38N2O5. The van der Waals surface area contributed by atoms with Crippen molar-refractivity contribution in [3.05, 3.63) is 90.0 Å². The number of ether oxygens (including phenoxy) is 3. The Hall–Kier alpha value is -3.84. The van der Waals surface area contributed by atoms with Gasteiger partial charge in [-0.3, -0.25) is 4.79 Å². The zero-order chi connectivity index (χ0) is 27.3. The Morgan fingerprint density at radius 3 is 2.05 bits per heavy atom. The number of methoxy groups -OCH3 is 2. The maximum Gasteiger partial charge on any atom is 0.333 e. The van der Waals surface area contributed by atoms with Crippen molar-refractivity contribution >= 4 is 17.4 Å². The molecular weight excluding hydrogens is 480 g/mol. The number of rotatable bonds is 15. The summed E-state index contributed by atoms with van der Waals surface area (Å²) in [6.45, 7) is 4.64. The highest BCUT2D eigenvalue weighted by Crippen LogP contribution is 2.28. The van der Waals surface area contributed by atoms with Crippen molar-refractivity contribution in [1.82, 2.24) is 5.32 Å². The van der Waals surface area contributed by atoms with E-state index in [0.29, 0.717) is 23.6 Å². The standard InChI is InChI=1S/C31H38N2O5/c1-5-22(6-2)29(21-32-20-26(34)24-17-18-27(36-3)28(19-24)37-4)38-31(35)30(23-13-9-7-10-14-23)33-25-15-11-8-12-16-25/h7-19,22,29-30,32-33H,5-6,20-21H2,1-4H3/t29-,30+/m0/s1. The molecule has 0 bridgehead atoms. The van der Waals surface area contributed by atoms with Crippen molar-refractivity contribution in [1.29, 1.82) is 0 Å². The van der Waals surface area contributed by atoms with Crippen molar-refractivity contribution in [3.8, 4) is 11.5 Å². The number of benzene rings is 3. The van der Waals surface area contributed by atoms with E-state index in [1.807, 2.05) is 60.7 Å². The van der Waals surface area contributed by atoms with Gasteiger partial charge in [-0.25, -0.2) is 4.79 Å². The summed E-state index contributed by atoms with van der Waals surface area (Å²) in [4.78, 5) is 26.4. The van der Waals surface area contributed by atoms with E-state index in [9.17, 15) is 9.59 Å². The molecule has 3 aromatic carbocycles. The number of Topliss-reactive ketones (excluding diaryl/α,β-unsaturated/α-hetero) is 1. The minimum atomic E-state index is -0.663. The number of hydrogen-bond donors (Lipinski definition) is 2. The molecule has 7 heteroatoms. The molecule has 0 aliphatic heterocycles. The van der Waals surface area contributed by atoms with Crippen LogP contribution in [-0.2, 0) is 9.53 Å². The van der Waals surface area contributed by atoms with Crippen molar-refractivity contribution in [2.75, 3.05) is 32.6 Å². The lowest BCUT2D eigenvalue weighted by Crippen LogP contribution is -2.40. The summed E-state index contributed by atoms with van der Waals surface area (Å²) < 4.78 is 16.7. The first-order valence-corrected chi connectivity index (χ1v) is 13.0. The van der Waals surface area contributed by atoms with Crippen LogP contribution >= 0.6 is 0 Å². The fourth-order valence-corrected chi connectivity index (χ4v) is 4.40. The van der Waals surface area contributed by atoms with E-state index in [2.05, 4.69) is 24.5 Å². The Bertz CT molecular complexity index is 1150. The van der Waals surface area contributed by atoms with E-state index in [1.54, 1.807) is 25.3 Å². The molecule has 0 radical (unpaired) electrons. The highest BCUT2D eigenvalue weighted by atomic mass is 16.5. The first-order chi connectivity index (χ1) is 18.5. The van der Waals surface area contributed by atoms with Gasteiger partial charge in [0.05, 0.1) is 20.8 Å². The monoisotopic (exact) mass is 518 g/mol. The summed E-state index contributed by atoms with van der Waals surface area (Å²) in [5.74, 6) is 0.768. The van der Waals surface area contributed by atoms with E-state index in [1.165, 1.54) is 7.11 Å². The number of para-hydroxylation sites is 1. The zero-order valence-corrected chi connectivity index (χ0v) is 22.6. The summed E-state index contributed by atoms with van der Waals surface area (Å²) in [5.41, 5.74) is 2.17. The molecule has 0 fully saturated rings. The lowest BCUT2D eigenvalue weighted by molar-refractivity contribution is -0.153. The molecule has 3 aromatic rings. The van der Waals surface area contributed by atoms with Gasteiger partial charge in [-0.05, 0) is 54.7 Å². The predicted octanol–water partition coefficient (Wildman–Crippen LogP) is 5.68. The van der Waals surface area contributed by atoms with Crippen LogP contribution in [0.1, 0.15) is 48.7 Å². The van der Waals surface area contributed by atoms with Crippen LogP contribution in [0.5, 0.6) is 11.5 Å². The topological polar surface area (TPSA) is 85.9 Å². The summed E-state index contributed by atoms with van der Waals surface area (Å²) in [5, 5.41) is 6.53. The first-order valence-electron chi connectivity index (χ1n) is 13.0. The first kappa shape index (κ1) is 28.7. The Morgan fingerprint density at radius 2 is 1.45 bits per heavy atom. The van der Waals surface area contributed by atoms with Crippen LogP contribution < -0.4 is 20.1 Å². The number of hydrogen-bond acceptors (Lipinski definition) is 7. The minimum Gasteiger partial charge on any atom is -0.493 e. The van der Waals surface area contributed by atoms with Gasteiger partial charge in [-0.2, -0.15) is 0 Å². The minimum absolute atomic E-state index is 0.0894. The smallest absolute Gasteiger partial charge is 0.333 e. The Kier molecular flexibility index (Phi) is 11.2. The molecule has 38 heavy (non-hydrogen) atoms. The molecule has 0 aliphatic rings. The van der Waals surface area contributed by atoms with Crippen LogP contribution in [0.25, 0.3) is 0 Å². The number of carbonyl (C=O) groups is 2. The van der Waals surface area contributed by atoms with Gasteiger partial charge in [0.2, 0.25) is 0 Å². The number of carbonyl (C=O) groups excluding carboxylic acids is 2. The van der Waals surface area contributed by atoms with Gasteiger partial charge in [0.15, 0.2) is 23.3 Å². The van der Waals surface area contributed by atoms with Gasteiger partial charge in [0.25, 0.3) is 0 Å². The van der Waals surface area contributed by atoms with Crippen LogP contribution in [-0.4, -0.2) is 45.2 Å². The summed E-state index contributed by atoms with van der Waals surface area (Å²) in [7, 11) is 3.09. The molecule has 0 aromatic heterocycles. The van der Waals surface area contributed by atoms with E-state index >= 15 is 0 Å². The van der Waals surface area contributed by atoms with E-state index in [0.717, 1.165) is 24.1 Å². The molecule has 3 rings (SSSR count). The third kappa shape index (κ3) is 7.83. The normalized spacial score (nSPS) is 12.4. The van der Waals surface area contributed by atoms with Gasteiger partial charge in [0, 0.05) is 17.8 Å². The van der Waals surface area contributed by atoms with Crippen LogP contribution in [0, 0.1) is 5.92 Å². The number of anilines is 1. The fourth-order valence-electron chi connectivity index (χ4n) is 4.40. The van der Waals surface area contributed by atoms with Gasteiger partial charge < -0.3 is 24.8 Å². The molecule has 0 aliphatic carbocycles. The number of nitrogens with one attached hydrogen (secondary N) is 2. The zero-order valence-electron chi connectivity index (χ0n) is 22.6. The molecule has 0 amide bonds. The maximum atomic E-state index is 13.5. The molecule has 0 saturated carbocycles. The highest BCUT2D eigenvalue weighted by molar-refractivity contribution is 5.98. The van der Waals surface area contributed by atoms with Gasteiger partial charge in [-0.1, -0.05) is 62.4 Å². The van der Waals surface area contributed by atoms with Crippen molar-refractivity contribution in [3.63, 3.8) is 0 Å². The van der Waals surface area contributed by atoms with Crippen molar-refractivity contribution < 1.29 is 23.8 Å². The van der Waals surface area contributed by atoms with Gasteiger partial charge >= 0.3 is 5.97 Å². The molecule has 202 valence electrons. The summed E-state index contributed by atoms with van der Waals surface area (Å²) in [6, 6.07) is 23.6. The lowest BCUT2D eigenvalue weighted by Gasteiger charge is -2.28. The SMILES string of the molecule is CCC(CC)[C@H](CNCC(=O)c1ccc(OC)c(OC)c1)OC(=O)[C@H](Nc1ccccc1)c1ccccc1. The lowest BCUT2D eigenvalue weighted by atomic mass is 9.96. The molecule has 7 nitrogen and oxygen atoms in total. The molecule has 0 saturated heterocycles. The van der Waals surface area contributed by atoms with Crippen molar-refractivity contribution in [2.45, 2.75) is 38.8 Å². The third-order valence-electron chi connectivity index (χ3n) is 6.63. The largest absolute Gasteiger partial charge is 0.493 e. The third-order valence-corrected chi connectivity index (χ3v) is 6.63. The van der Waals surface area contributed by atoms with Crippen molar-refractivity contribution in [2.24, 2.45) is 5.92 Å². The second kappa shape index (κ2) is 14.8. The van der Waals surface area contributed by atoms with Crippen LogP contribution in [0.15, 0.2) is 78.9 Å². The van der Waals surface area contributed by atoms with Gasteiger partial charge in [0.1, 0.15) is 6.10 Å². The quantitative estimate of drug-likeness (QED) is 0.198. The molecule has 0 heterocycles. The molecule has 0 spiro atoms. The molecule has 2 N–H and O–H groups in total. The second-order valence-electron chi connectivity index (χ2n) is 9.03. The van der Waals surface area contributed by atoms with Crippen LogP contribution in [0.2, 0.25) is 0 Å². The Labute approximate surface area is 225 Å².